The molecule has 10 rings (SSSR count). The van der Waals surface area contributed by atoms with Gasteiger partial charge in [0.2, 0.25) is 0 Å². The van der Waals surface area contributed by atoms with Gasteiger partial charge < -0.3 is 24.1 Å². The molecule has 542 valence electrons. The van der Waals surface area contributed by atoms with Gasteiger partial charge in [0.25, 0.3) is 0 Å². The smallest absolute Gasteiger partial charge is 0.416 e. The number of ether oxygens (including phenoxy) is 4. The largest absolute Gasteiger partial charge is 0.481 e. The number of carbonyl (C=O) groups excluding carboxylic acids is 2. The Morgan fingerprint density at radius 2 is 0.851 bits per heavy atom. The van der Waals surface area contributed by atoms with Crippen molar-refractivity contribution in [3.8, 4) is 0 Å². The zero-order chi connectivity index (χ0) is 71.8. The highest BCUT2D eigenvalue weighted by molar-refractivity contribution is 5.72. The van der Waals surface area contributed by atoms with Crippen LogP contribution in [-0.2, 0) is 83.8 Å². The number of H-pyrrole nitrogens is 2. The highest BCUT2D eigenvalue weighted by Gasteiger charge is 2.56. The fourth-order valence-electron chi connectivity index (χ4n) is 12.6. The number of aromatic amines is 2. The lowest BCUT2D eigenvalue weighted by atomic mass is 9.73. The van der Waals surface area contributed by atoms with Crippen LogP contribution in [0.5, 0.6) is 0 Å². The molecule has 0 bridgehead atoms. The monoisotopic (exact) mass is 1430 g/mol. The summed E-state index contributed by atoms with van der Waals surface area (Å²) in [5.41, 5.74) is -10.9. The molecule has 3 N–H and O–H groups in total. The van der Waals surface area contributed by atoms with E-state index in [2.05, 4.69) is 27.0 Å². The van der Waals surface area contributed by atoms with E-state index < -0.39 is 136 Å². The zero-order valence-electron chi connectivity index (χ0n) is 52.9. The second-order valence-corrected chi connectivity index (χ2v) is 24.2. The lowest BCUT2D eigenvalue weighted by molar-refractivity contribution is -0.145. The number of carbonyl (C=O) groups is 3. The van der Waals surface area contributed by atoms with Crippen LogP contribution in [0.1, 0.15) is 135 Å². The number of benzene rings is 6. The number of amides is 2. The number of rotatable bonds is 20. The molecule has 6 aromatic carbocycles. The van der Waals surface area contributed by atoms with Crippen molar-refractivity contribution in [2.24, 2.45) is 0 Å². The van der Waals surface area contributed by atoms with Crippen molar-refractivity contribution in [3.05, 3.63) is 260 Å². The molecule has 6 atom stereocenters. The fourth-order valence-corrected chi connectivity index (χ4v) is 12.6. The lowest BCUT2D eigenvalue weighted by Gasteiger charge is -2.53. The van der Waals surface area contributed by atoms with Crippen LogP contribution in [0, 0.1) is 0 Å². The molecule has 0 unspecified atom stereocenters. The summed E-state index contributed by atoms with van der Waals surface area (Å²) < 4.78 is 190. The number of aliphatic carboxylic acids is 1. The lowest BCUT2D eigenvalue weighted by Crippen LogP contribution is -2.64. The first-order valence-electron chi connectivity index (χ1n) is 30.7. The second kappa shape index (κ2) is 31.7. The number of piperidine rings is 2. The average molecular weight is 1430 g/mol. The number of likely N-dealkylation sites (tertiary alicyclic amines) is 2. The van der Waals surface area contributed by atoms with Crippen LogP contribution in [0.3, 0.4) is 0 Å². The molecular weight excluding hydrogens is 1350 g/mol. The van der Waals surface area contributed by atoms with Gasteiger partial charge in [-0.1, -0.05) is 142 Å². The molecule has 30 heteroatoms. The molecular formula is C71H74F12N8O10. The summed E-state index contributed by atoms with van der Waals surface area (Å²) in [5.74, 6) is -1.28. The van der Waals surface area contributed by atoms with Gasteiger partial charge in [-0.15, -0.1) is 6.58 Å². The Balaban J connectivity index is 0.000000278. The first-order valence-corrected chi connectivity index (χ1v) is 30.7. The van der Waals surface area contributed by atoms with E-state index >= 15 is 0 Å². The van der Waals surface area contributed by atoms with Gasteiger partial charge in [0, 0.05) is 13.1 Å². The van der Waals surface area contributed by atoms with Gasteiger partial charge in [-0.05, 0) is 116 Å². The number of carboxylic acids is 1. The molecule has 2 saturated heterocycles. The number of hydrogen-bond acceptors (Lipinski definition) is 11. The van der Waals surface area contributed by atoms with Gasteiger partial charge in [-0.25, -0.2) is 29.4 Å². The Bertz CT molecular complexity index is 4140. The Morgan fingerprint density at radius 3 is 1.17 bits per heavy atom. The standard InChI is InChI=1S/C35H34F6N4O4.C34H32F6N4O6.2CH4/c1-3-14-32(45-23-42-43-30(45)46)15-16-33(27-12-8-5-9-13-27,44(21-32)31(47)48-20-25-10-6-4-7-11-25)22-49-24(2)26-17-28(34(36,37)38)19-29(18-26)35(39,40)41;1-22(24-14-26(33(35,36)37)16-27(15-24)34(38,39)40)50-20-32(25-10-6-3-7-11-25)13-12-31(17-28(45)46,44-21-41-42-29(44)47)19-43(32)30(48)49-18-23-8-4-2-5-9-23;;/h3-13,17-19,23-24H,1,14-16,20-22H2,2H3,(H,43,46);2-11,14-16,21-22H,12-13,17-20H2,1H3,(H,42,47)(H,45,46);2*1H4/t24-,32+,33-;22-,31-,32-;;/m11../s1. The van der Waals surface area contributed by atoms with Gasteiger partial charge >= 0.3 is 54.2 Å². The first-order chi connectivity index (χ1) is 46.7. The highest BCUT2D eigenvalue weighted by atomic mass is 19.4. The third-order valence-corrected chi connectivity index (χ3v) is 17.9. The molecule has 4 heterocycles. The molecule has 0 saturated carbocycles. The summed E-state index contributed by atoms with van der Waals surface area (Å²) in [6.45, 7) is 4.90. The van der Waals surface area contributed by atoms with Gasteiger partial charge in [0.05, 0.1) is 76.3 Å². The minimum absolute atomic E-state index is 0. The van der Waals surface area contributed by atoms with Gasteiger partial charge in [0.15, 0.2) is 0 Å². The molecule has 101 heavy (non-hydrogen) atoms. The number of nitrogens with one attached hydrogen (secondary N) is 2. The summed E-state index contributed by atoms with van der Waals surface area (Å²) in [6.07, 6.45) is -20.5. The molecule has 0 aliphatic carbocycles. The van der Waals surface area contributed by atoms with Crippen molar-refractivity contribution in [2.75, 3.05) is 26.3 Å². The molecule has 8 aromatic rings. The normalized spacial score (nSPS) is 20.0. The van der Waals surface area contributed by atoms with Crippen LogP contribution in [0.25, 0.3) is 0 Å². The summed E-state index contributed by atoms with van der Waals surface area (Å²) in [6, 6.07) is 37.1. The quantitative estimate of drug-likeness (QED) is 0.0480. The van der Waals surface area contributed by atoms with E-state index in [1.54, 1.807) is 121 Å². The maximum Gasteiger partial charge on any atom is 0.416 e. The number of allylic oxidation sites excluding steroid dienone is 1. The van der Waals surface area contributed by atoms with E-state index in [1.807, 2.05) is 6.07 Å². The average Bonchev–Trinajstić information content (AvgIpc) is 1.62. The number of aromatic nitrogens is 6. The summed E-state index contributed by atoms with van der Waals surface area (Å²) >= 11 is 0. The van der Waals surface area contributed by atoms with Gasteiger partial charge in [-0.2, -0.15) is 62.9 Å². The number of alkyl halides is 12. The zero-order valence-corrected chi connectivity index (χ0v) is 52.9. The highest BCUT2D eigenvalue weighted by Crippen LogP contribution is 2.49. The molecule has 2 amide bonds. The summed E-state index contributed by atoms with van der Waals surface area (Å²) in [7, 11) is 0. The van der Waals surface area contributed by atoms with E-state index in [1.165, 1.54) is 34.5 Å². The van der Waals surface area contributed by atoms with Crippen LogP contribution in [-0.4, -0.2) is 88.9 Å². The number of hydrogen-bond donors (Lipinski definition) is 3. The van der Waals surface area contributed by atoms with E-state index in [4.69, 9.17) is 18.9 Å². The minimum Gasteiger partial charge on any atom is -0.481 e. The van der Waals surface area contributed by atoms with Gasteiger partial charge in [-0.3, -0.25) is 23.7 Å². The third kappa shape index (κ3) is 18.0. The van der Waals surface area contributed by atoms with Crippen LogP contribution < -0.4 is 11.4 Å². The predicted octanol–water partition coefficient (Wildman–Crippen LogP) is 16.1. The molecule has 2 aromatic heterocycles. The number of nitrogens with zero attached hydrogens (tertiary/aromatic N) is 6. The van der Waals surface area contributed by atoms with Crippen LogP contribution in [0.2, 0.25) is 0 Å². The Labute approximate surface area is 572 Å². The van der Waals surface area contributed by atoms with Crippen molar-refractivity contribution in [1.82, 2.24) is 39.3 Å². The first kappa shape index (κ1) is 78.4. The number of halogens is 12. The Kier molecular flexibility index (Phi) is 24.6. The van der Waals surface area contributed by atoms with Crippen molar-refractivity contribution in [1.29, 1.82) is 0 Å². The van der Waals surface area contributed by atoms with E-state index in [-0.39, 0.29) is 91.0 Å². The molecule has 18 nitrogen and oxygen atoms in total. The topological polar surface area (TPSA) is 216 Å². The summed E-state index contributed by atoms with van der Waals surface area (Å²) in [4.78, 5) is 68.9. The SMILES string of the molecule is C.C.C=CC[C@]1(n2cn[nH]c2=O)CC[C@@](CO[C@H](C)c2cc(C(F)(F)F)cc(C(F)(F)F)c2)(c2ccccc2)N(C(=O)OCc2ccccc2)C1.C[C@@H](OC[C@@]1(c2ccccc2)CC[C@](CC(=O)O)(n2cn[nH]c2=O)CN1C(=O)OCc1ccccc1)c1cc(C(F)(F)F)cc(C(F)(F)F)c1. The van der Waals surface area contributed by atoms with Crippen LogP contribution >= 0.6 is 0 Å². The molecule has 2 aliphatic rings. The van der Waals surface area contributed by atoms with Crippen molar-refractivity contribution < 1.29 is 91.1 Å². The van der Waals surface area contributed by atoms with Crippen molar-refractivity contribution in [2.45, 2.75) is 140 Å². The van der Waals surface area contributed by atoms with Crippen molar-refractivity contribution in [3.63, 3.8) is 0 Å². The van der Waals surface area contributed by atoms with E-state index in [9.17, 15) is 81.8 Å². The van der Waals surface area contributed by atoms with E-state index in [0.29, 0.717) is 46.5 Å². The molecule has 0 spiro atoms. The molecule has 2 aliphatic heterocycles. The molecule has 0 radical (unpaired) electrons. The van der Waals surface area contributed by atoms with Crippen LogP contribution in [0.15, 0.2) is 193 Å². The number of carboxylic acid groups (broad SMARTS) is 1. The molecule has 2 fully saturated rings. The van der Waals surface area contributed by atoms with E-state index in [0.717, 1.165) is 10.9 Å². The maximum absolute atomic E-state index is 14.2. The maximum atomic E-state index is 14.2. The Morgan fingerprint density at radius 1 is 0.525 bits per heavy atom. The summed E-state index contributed by atoms with van der Waals surface area (Å²) in [5, 5.41) is 22.2. The Hall–Kier alpha value is -9.97. The van der Waals surface area contributed by atoms with Gasteiger partial charge in [0.1, 0.15) is 25.9 Å². The second-order valence-electron chi connectivity index (χ2n) is 24.2. The third-order valence-electron chi connectivity index (χ3n) is 17.9. The van der Waals surface area contributed by atoms with Crippen LogP contribution in [0.4, 0.5) is 62.3 Å². The minimum atomic E-state index is -5.08. The predicted molar refractivity (Wildman–Crippen MR) is 345 cm³/mol. The van der Waals surface area contributed by atoms with Crippen molar-refractivity contribution >= 4 is 18.2 Å². The fraction of sp³-hybridized carbons (Fsp3) is 0.366.